The van der Waals surface area contributed by atoms with Gasteiger partial charge in [0.05, 0.1) is 30.5 Å². The van der Waals surface area contributed by atoms with E-state index in [1.807, 2.05) is 35.0 Å². The van der Waals surface area contributed by atoms with Crippen molar-refractivity contribution >= 4 is 41.5 Å². The van der Waals surface area contributed by atoms with Crippen LogP contribution in [0.1, 0.15) is 12.0 Å². The van der Waals surface area contributed by atoms with E-state index < -0.39 is 10.7 Å². The number of aromatic nitrogens is 2. The number of nitrogens with zero attached hydrogens (tertiary/aromatic N) is 3. The number of ether oxygens (including phenoxy) is 2. The summed E-state index contributed by atoms with van der Waals surface area (Å²) in [6.07, 6.45) is 6.82. The Bertz CT molecular complexity index is 1000. The molecule has 0 aliphatic carbocycles. The van der Waals surface area contributed by atoms with Crippen molar-refractivity contribution in [3.05, 3.63) is 88.0 Å². The molecule has 3 aromatic rings. The van der Waals surface area contributed by atoms with E-state index in [0.717, 1.165) is 11.3 Å². The van der Waals surface area contributed by atoms with Gasteiger partial charge in [0.15, 0.2) is 5.79 Å². The van der Waals surface area contributed by atoms with E-state index in [9.17, 15) is 10.1 Å². The van der Waals surface area contributed by atoms with E-state index in [1.54, 1.807) is 36.4 Å². The summed E-state index contributed by atoms with van der Waals surface area (Å²) < 4.78 is 14.6. The van der Waals surface area contributed by atoms with Crippen molar-refractivity contribution in [1.82, 2.24) is 9.55 Å². The van der Waals surface area contributed by atoms with Crippen LogP contribution in [0.5, 0.6) is 0 Å². The van der Waals surface area contributed by atoms with Crippen LogP contribution < -0.4 is 0 Å². The van der Waals surface area contributed by atoms with Gasteiger partial charge in [0.25, 0.3) is 5.69 Å². The Morgan fingerprint density at radius 1 is 1.22 bits per heavy atom. The van der Waals surface area contributed by atoms with Crippen molar-refractivity contribution in [2.24, 2.45) is 0 Å². The highest BCUT2D eigenvalue weighted by Gasteiger charge is 2.41. The van der Waals surface area contributed by atoms with E-state index in [0.29, 0.717) is 30.3 Å². The number of thioether (sulfide) groups is 1. The molecule has 0 saturated carbocycles. The van der Waals surface area contributed by atoms with Crippen molar-refractivity contribution in [2.75, 3.05) is 12.4 Å². The van der Waals surface area contributed by atoms with Crippen LogP contribution in [0.15, 0.2) is 72.1 Å². The Morgan fingerprint density at radius 3 is 2.62 bits per heavy atom. The van der Waals surface area contributed by atoms with Gasteiger partial charge in [-0.25, -0.2) is 4.98 Å². The zero-order chi connectivity index (χ0) is 21.7. The second-order valence-electron chi connectivity index (χ2n) is 7.39. The molecular weight excluding hydrogens is 473 g/mol. The third kappa shape index (κ3) is 6.46. The van der Waals surface area contributed by atoms with Crippen LogP contribution in [-0.2, 0) is 22.4 Å². The fourth-order valence-corrected chi connectivity index (χ4v) is 4.49. The molecule has 4 rings (SSSR count). The quantitative estimate of drug-likeness (QED) is 0.224. The molecule has 1 fully saturated rings. The molecule has 7 nitrogen and oxygen atoms in total. The number of halogens is 2. The first kappa shape index (κ1) is 24.5. The standard InChI is InChI=1S/C22H22ClN3O4S.ClH/c23-18-3-1-17(2-4-18)9-10-22(15-25-12-11-24-16-25)29-13-20(30-22)14-31-21-7-5-19(6-8-21)26(27)28;/h1-8,11-12,16,20H,9-10,13-15H2;1H/t20-,22+;/m0./s1. The summed E-state index contributed by atoms with van der Waals surface area (Å²) >= 11 is 7.60. The molecule has 32 heavy (non-hydrogen) atoms. The normalized spacial score (nSPS) is 20.1. The van der Waals surface area contributed by atoms with Gasteiger partial charge in [0.2, 0.25) is 0 Å². The van der Waals surface area contributed by atoms with Gasteiger partial charge in [-0.2, -0.15) is 0 Å². The smallest absolute Gasteiger partial charge is 0.269 e. The maximum Gasteiger partial charge on any atom is 0.269 e. The highest BCUT2D eigenvalue weighted by Crippen LogP contribution is 2.33. The maximum atomic E-state index is 10.8. The van der Waals surface area contributed by atoms with Crippen LogP contribution in [0.2, 0.25) is 5.02 Å². The van der Waals surface area contributed by atoms with E-state index in [4.69, 9.17) is 21.1 Å². The molecule has 1 aliphatic heterocycles. The van der Waals surface area contributed by atoms with Gasteiger partial charge >= 0.3 is 0 Å². The Balaban J connectivity index is 0.00000289. The predicted octanol–water partition coefficient (Wildman–Crippen LogP) is 5.40. The Hall–Kier alpha value is -2.10. The van der Waals surface area contributed by atoms with Crippen LogP contribution in [0.4, 0.5) is 5.69 Å². The summed E-state index contributed by atoms with van der Waals surface area (Å²) in [4.78, 5) is 15.5. The fourth-order valence-electron chi connectivity index (χ4n) is 3.49. The van der Waals surface area contributed by atoms with Crippen LogP contribution in [-0.4, -0.2) is 38.7 Å². The van der Waals surface area contributed by atoms with Gasteiger partial charge in [0.1, 0.15) is 0 Å². The number of non-ortho nitro benzene ring substituents is 1. The first-order valence-corrected chi connectivity index (χ1v) is 11.3. The summed E-state index contributed by atoms with van der Waals surface area (Å²) in [6, 6.07) is 14.4. The van der Waals surface area contributed by atoms with E-state index >= 15 is 0 Å². The average molecular weight is 496 g/mol. The van der Waals surface area contributed by atoms with Crippen molar-refractivity contribution in [3.63, 3.8) is 0 Å². The van der Waals surface area contributed by atoms with Crippen LogP contribution in [0.3, 0.4) is 0 Å². The van der Waals surface area contributed by atoms with Crippen LogP contribution >= 0.6 is 35.8 Å². The highest BCUT2D eigenvalue weighted by atomic mass is 35.5. The van der Waals surface area contributed by atoms with E-state index in [-0.39, 0.29) is 24.2 Å². The van der Waals surface area contributed by atoms with Gasteiger partial charge in [-0.1, -0.05) is 23.7 Å². The van der Waals surface area contributed by atoms with Crippen LogP contribution in [0.25, 0.3) is 0 Å². The van der Waals surface area contributed by atoms with Gasteiger partial charge in [-0.05, 0) is 36.2 Å². The monoisotopic (exact) mass is 495 g/mol. The third-order valence-electron chi connectivity index (χ3n) is 5.09. The number of nitro groups is 1. The third-order valence-corrected chi connectivity index (χ3v) is 6.48. The first-order chi connectivity index (χ1) is 15.0. The molecule has 0 radical (unpaired) electrons. The molecule has 2 aromatic carbocycles. The lowest BCUT2D eigenvalue weighted by Crippen LogP contribution is -2.37. The lowest BCUT2D eigenvalue weighted by Gasteiger charge is -2.28. The summed E-state index contributed by atoms with van der Waals surface area (Å²) in [7, 11) is 0. The van der Waals surface area contributed by atoms with E-state index in [1.165, 1.54) is 17.7 Å². The van der Waals surface area contributed by atoms with Crippen molar-refractivity contribution in [2.45, 2.75) is 36.2 Å². The van der Waals surface area contributed by atoms with Gasteiger partial charge in [-0.3, -0.25) is 10.1 Å². The fraction of sp³-hybridized carbons (Fsp3) is 0.318. The summed E-state index contributed by atoms with van der Waals surface area (Å²) in [5, 5.41) is 11.5. The molecule has 1 aromatic heterocycles. The average Bonchev–Trinajstić information content (AvgIpc) is 3.43. The SMILES string of the molecule is Cl.O=[N+]([O-])c1ccc(SC[C@@H]2CO[C@@](CCc3ccc(Cl)cc3)(Cn3ccnc3)O2)cc1. The molecule has 0 unspecified atom stereocenters. The Morgan fingerprint density at radius 2 is 1.97 bits per heavy atom. The summed E-state index contributed by atoms with van der Waals surface area (Å²) in [6.45, 7) is 1.05. The molecule has 1 saturated heterocycles. The molecule has 0 spiro atoms. The lowest BCUT2D eigenvalue weighted by molar-refractivity contribution is -0.384. The van der Waals surface area contributed by atoms with Gasteiger partial charge < -0.3 is 14.0 Å². The number of benzene rings is 2. The van der Waals surface area contributed by atoms with Gasteiger partial charge in [0, 0.05) is 46.6 Å². The number of imidazole rings is 1. The van der Waals surface area contributed by atoms with Gasteiger partial charge in [-0.15, -0.1) is 24.2 Å². The number of hydrogen-bond acceptors (Lipinski definition) is 6. The minimum absolute atomic E-state index is 0. The Labute approximate surface area is 201 Å². The zero-order valence-corrected chi connectivity index (χ0v) is 19.5. The largest absolute Gasteiger partial charge is 0.345 e. The maximum absolute atomic E-state index is 10.8. The number of nitro benzene ring substituents is 1. The predicted molar refractivity (Wildman–Crippen MR) is 127 cm³/mol. The molecule has 0 bridgehead atoms. The molecule has 170 valence electrons. The molecule has 0 amide bonds. The van der Waals surface area contributed by atoms with Crippen molar-refractivity contribution in [1.29, 1.82) is 0 Å². The van der Waals surface area contributed by atoms with Crippen molar-refractivity contribution in [3.8, 4) is 0 Å². The second-order valence-corrected chi connectivity index (χ2v) is 8.91. The van der Waals surface area contributed by atoms with Crippen molar-refractivity contribution < 1.29 is 14.4 Å². The van der Waals surface area contributed by atoms with Crippen LogP contribution in [0, 0.1) is 10.1 Å². The molecule has 0 N–H and O–H groups in total. The highest BCUT2D eigenvalue weighted by molar-refractivity contribution is 7.99. The number of aryl methyl sites for hydroxylation is 1. The molecule has 2 atom stereocenters. The molecule has 2 heterocycles. The molecule has 1 aliphatic rings. The minimum atomic E-state index is -0.735. The zero-order valence-electron chi connectivity index (χ0n) is 17.1. The van der Waals surface area contributed by atoms with E-state index in [2.05, 4.69) is 4.98 Å². The first-order valence-electron chi connectivity index (χ1n) is 9.91. The number of hydrogen-bond donors (Lipinski definition) is 0. The summed E-state index contributed by atoms with van der Waals surface area (Å²) in [5.74, 6) is -0.0362. The second kappa shape index (κ2) is 11.2. The number of rotatable bonds is 9. The Kier molecular flexibility index (Phi) is 8.56. The molecular formula is C22H23Cl2N3O4S. The molecule has 10 heteroatoms. The summed E-state index contributed by atoms with van der Waals surface area (Å²) in [5.41, 5.74) is 1.26. The minimum Gasteiger partial charge on any atom is -0.345 e. The lowest BCUT2D eigenvalue weighted by atomic mass is 10.0. The topological polar surface area (TPSA) is 79.4 Å².